The van der Waals surface area contributed by atoms with Crippen molar-refractivity contribution in [1.82, 2.24) is 15.0 Å². The molecule has 2 aliphatic heterocycles. The van der Waals surface area contributed by atoms with E-state index in [4.69, 9.17) is 14.2 Å². The van der Waals surface area contributed by atoms with Crippen LogP contribution in [-0.2, 0) is 28.2 Å². The molecule has 1 aromatic heterocycles. The zero-order valence-electron chi connectivity index (χ0n) is 36.4. The van der Waals surface area contributed by atoms with Gasteiger partial charge in [-0.25, -0.2) is 0 Å². The number of aryl methyl sites for hydroxylation is 1. The van der Waals surface area contributed by atoms with Crippen LogP contribution in [0.25, 0.3) is 0 Å². The number of nitrogens with zero attached hydrogens (tertiary/aromatic N) is 4. The molecule has 0 saturated carbocycles. The van der Waals surface area contributed by atoms with Gasteiger partial charge in [0.25, 0.3) is 17.7 Å². The molecule has 0 aliphatic carbocycles. The van der Waals surface area contributed by atoms with Gasteiger partial charge in [-0.15, -0.1) is 5.10 Å². The molecule has 0 radical (unpaired) electrons. The van der Waals surface area contributed by atoms with Crippen molar-refractivity contribution in [2.75, 3.05) is 36.4 Å². The van der Waals surface area contributed by atoms with Crippen molar-refractivity contribution in [2.24, 2.45) is 5.92 Å². The van der Waals surface area contributed by atoms with Crippen LogP contribution in [0.15, 0.2) is 128 Å². The predicted molar refractivity (Wildman–Crippen MR) is 245 cm³/mol. The summed E-state index contributed by atoms with van der Waals surface area (Å²) in [5, 5.41) is 25.1. The summed E-state index contributed by atoms with van der Waals surface area (Å²) in [6.07, 6.45) is 1.68. The number of aliphatic hydroxyl groups excluding tert-OH is 1. The summed E-state index contributed by atoms with van der Waals surface area (Å²) in [6, 6.07) is 36.0. The van der Waals surface area contributed by atoms with E-state index in [9.17, 15) is 19.5 Å². The highest BCUT2D eigenvalue weighted by Gasteiger charge is 2.66. The molecule has 0 bridgehead atoms. The Morgan fingerprint density at radius 3 is 2.06 bits per heavy atom. The third kappa shape index (κ3) is 8.67. The second kappa shape index (κ2) is 18.2. The first kappa shape index (κ1) is 44.0. The Balaban J connectivity index is 1.11. The Hall–Kier alpha value is -6.65. The molecule has 1 spiro atoms. The van der Waals surface area contributed by atoms with Crippen molar-refractivity contribution in [2.45, 2.75) is 62.7 Å². The summed E-state index contributed by atoms with van der Waals surface area (Å²) in [4.78, 5) is 55.8. The number of methoxy groups -OCH3 is 2. The Morgan fingerprint density at radius 2 is 1.47 bits per heavy atom. The smallest absolute Gasteiger partial charge is 0.264 e. The molecular weight excluding hydrogens is 829 g/mol. The third-order valence-electron chi connectivity index (χ3n) is 12.4. The number of carbonyl (C=O) groups excluding carboxylic acids is 3. The molecule has 330 valence electrons. The second-order valence-electron chi connectivity index (χ2n) is 16.9. The third-order valence-corrected chi connectivity index (χ3v) is 14.9. The van der Waals surface area contributed by atoms with Gasteiger partial charge in [0.15, 0.2) is 13.9 Å². The summed E-state index contributed by atoms with van der Waals surface area (Å²) < 4.78 is 19.4. The number of fused-ring (bicyclic) bond motifs is 2. The van der Waals surface area contributed by atoms with Crippen molar-refractivity contribution in [3.63, 3.8) is 0 Å². The lowest BCUT2D eigenvalue weighted by Crippen LogP contribution is -2.46. The van der Waals surface area contributed by atoms with Crippen LogP contribution in [0.3, 0.4) is 0 Å². The van der Waals surface area contributed by atoms with Crippen LogP contribution in [0.2, 0.25) is 18.6 Å². The van der Waals surface area contributed by atoms with Gasteiger partial charge in [-0.3, -0.25) is 19.1 Å². The average Bonchev–Trinajstić information content (AvgIpc) is 3.96. The van der Waals surface area contributed by atoms with Crippen molar-refractivity contribution >= 4 is 43.1 Å². The summed E-state index contributed by atoms with van der Waals surface area (Å²) in [6.45, 7) is 6.11. The monoisotopic (exact) mass is 880 g/mol. The maximum atomic E-state index is 15.4. The average molecular weight is 881 g/mol. The molecule has 15 heteroatoms. The normalized spacial score (nSPS) is 19.6. The molecular formula is C49H52N6O8Si. The summed E-state index contributed by atoms with van der Waals surface area (Å²) in [7, 11) is 0.0845. The molecule has 6 aromatic rings. The molecule has 1 unspecified atom stereocenters. The van der Waals surface area contributed by atoms with Crippen LogP contribution in [-0.4, -0.2) is 77.9 Å². The number of amides is 3. The number of benzene rings is 5. The van der Waals surface area contributed by atoms with E-state index >= 15 is 4.79 Å². The largest absolute Gasteiger partial charge is 0.497 e. The molecule has 5 atom stereocenters. The van der Waals surface area contributed by atoms with Gasteiger partial charge in [0.1, 0.15) is 11.5 Å². The molecule has 2 aliphatic rings. The second-order valence-corrected chi connectivity index (χ2v) is 20.9. The van der Waals surface area contributed by atoms with Crippen LogP contribution < -0.4 is 25.0 Å². The lowest BCUT2D eigenvalue weighted by molar-refractivity contribution is -0.146. The molecule has 14 nitrogen and oxygen atoms in total. The first-order chi connectivity index (χ1) is 30.8. The van der Waals surface area contributed by atoms with Gasteiger partial charge in [-0.05, 0) is 110 Å². The fraction of sp³-hybridized carbons (Fsp3) is 0.286. The van der Waals surface area contributed by atoms with E-state index in [1.807, 2.05) is 86.9 Å². The van der Waals surface area contributed by atoms with Gasteiger partial charge in [0.05, 0.1) is 50.8 Å². The zero-order valence-corrected chi connectivity index (χ0v) is 37.4. The number of rotatable bonds is 15. The molecule has 1 saturated heterocycles. The summed E-state index contributed by atoms with van der Waals surface area (Å²) in [5.41, 5.74) is 3.54. The van der Waals surface area contributed by atoms with Crippen molar-refractivity contribution in [3.8, 4) is 11.5 Å². The van der Waals surface area contributed by atoms with E-state index < -0.39 is 25.9 Å². The van der Waals surface area contributed by atoms with Gasteiger partial charge in [0.2, 0.25) is 0 Å². The van der Waals surface area contributed by atoms with Crippen molar-refractivity contribution in [1.29, 1.82) is 0 Å². The standard InChI is InChI=1S/C49H52N6O8Si/c1-31-45(64(4,5)60)44(24-25-54-29-42(52-53-54)40(30-56)33-11-7-6-8-12-33)63-49(31)41-27-37(51-47(58)35-16-21-39(62-3)22-17-35)18-23-43(41)55(48(49)59)28-32-10-9-13-36(26-32)50-46(57)34-14-19-38(61-2)20-15-34/h6-23,26-27,29,31,40,44-45,56,60H,24-25,28,30H2,1-5H3,(H,50,57)(H,51,58)/t31-,40?,44+,45-,49+/m1/s1. The highest BCUT2D eigenvalue weighted by Crippen LogP contribution is 2.60. The van der Waals surface area contributed by atoms with E-state index in [-0.39, 0.29) is 42.3 Å². The Kier molecular flexibility index (Phi) is 12.5. The fourth-order valence-corrected chi connectivity index (χ4v) is 11.9. The van der Waals surface area contributed by atoms with Crippen LogP contribution in [0.4, 0.5) is 17.1 Å². The minimum Gasteiger partial charge on any atom is -0.497 e. The zero-order chi connectivity index (χ0) is 45.2. The number of hydrogen-bond donors (Lipinski definition) is 4. The van der Waals surface area contributed by atoms with Crippen LogP contribution in [0.1, 0.15) is 62.4 Å². The van der Waals surface area contributed by atoms with E-state index in [0.29, 0.717) is 63.9 Å². The van der Waals surface area contributed by atoms with Crippen molar-refractivity contribution in [3.05, 3.63) is 161 Å². The molecule has 8 rings (SSSR count). The predicted octanol–water partition coefficient (Wildman–Crippen LogP) is 7.36. The Bertz CT molecular complexity index is 2640. The number of aliphatic hydroxyl groups is 1. The lowest BCUT2D eigenvalue weighted by atomic mass is 9.82. The van der Waals surface area contributed by atoms with Crippen LogP contribution >= 0.6 is 0 Å². The van der Waals surface area contributed by atoms with Crippen LogP contribution in [0, 0.1) is 5.92 Å². The molecule has 4 N–H and O–H groups in total. The summed E-state index contributed by atoms with van der Waals surface area (Å²) in [5.74, 6) is -0.484. The topological polar surface area (TPSA) is 177 Å². The molecule has 64 heavy (non-hydrogen) atoms. The maximum absolute atomic E-state index is 15.4. The minimum atomic E-state index is -3.04. The number of aromatic nitrogens is 3. The first-order valence-electron chi connectivity index (χ1n) is 21.2. The number of anilines is 3. The van der Waals surface area contributed by atoms with E-state index in [1.54, 1.807) is 84.5 Å². The number of carbonyl (C=O) groups is 3. The SMILES string of the molecule is COc1ccc(C(=O)Nc2cccc(CN3C(=O)[C@@]4(O[C@@H](CCn5cc(C(CO)c6ccccc6)nn5)[C@H]([Si](C)(C)O)[C@H]4C)c4cc(NC(=O)c5ccc(OC)cc5)ccc43)c2)cc1. The first-order valence-corrected chi connectivity index (χ1v) is 24.3. The number of ether oxygens (including phenoxy) is 3. The van der Waals surface area contributed by atoms with Crippen LogP contribution in [0.5, 0.6) is 11.5 Å². The van der Waals surface area contributed by atoms with Gasteiger partial charge < -0.3 is 39.6 Å². The van der Waals surface area contributed by atoms with Gasteiger partial charge >= 0.3 is 0 Å². The molecule has 3 amide bonds. The van der Waals surface area contributed by atoms with E-state index in [2.05, 4.69) is 20.9 Å². The molecule has 5 aromatic carbocycles. The fourth-order valence-electron chi connectivity index (χ4n) is 9.30. The highest BCUT2D eigenvalue weighted by molar-refractivity contribution is 6.71. The maximum Gasteiger partial charge on any atom is 0.264 e. The van der Waals surface area contributed by atoms with Gasteiger partial charge in [-0.1, -0.05) is 54.6 Å². The van der Waals surface area contributed by atoms with E-state index in [0.717, 1.165) is 11.1 Å². The number of nitrogens with one attached hydrogen (secondary N) is 2. The quantitative estimate of drug-likeness (QED) is 0.0763. The van der Waals surface area contributed by atoms with Crippen molar-refractivity contribution < 1.29 is 38.5 Å². The Labute approximate surface area is 372 Å². The molecule has 3 heterocycles. The van der Waals surface area contributed by atoms with Gasteiger partial charge in [-0.2, -0.15) is 0 Å². The number of hydrogen-bond acceptors (Lipinski definition) is 10. The van der Waals surface area contributed by atoms with Gasteiger partial charge in [0, 0.05) is 52.3 Å². The lowest BCUT2D eigenvalue weighted by Gasteiger charge is -2.32. The minimum absolute atomic E-state index is 0.135. The Morgan fingerprint density at radius 1 is 0.844 bits per heavy atom. The van der Waals surface area contributed by atoms with E-state index in [1.165, 1.54) is 0 Å². The highest BCUT2D eigenvalue weighted by atomic mass is 28.4. The summed E-state index contributed by atoms with van der Waals surface area (Å²) >= 11 is 0. The molecule has 1 fully saturated rings.